The van der Waals surface area contributed by atoms with Crippen LogP contribution in [0.15, 0.2) is 72.0 Å². The number of rotatable bonds is 9. The zero-order valence-electron chi connectivity index (χ0n) is 23.0. The summed E-state index contributed by atoms with van der Waals surface area (Å²) in [7, 11) is 1.61. The van der Waals surface area contributed by atoms with Gasteiger partial charge in [-0.1, -0.05) is 42.8 Å². The van der Waals surface area contributed by atoms with Crippen LogP contribution in [0.2, 0.25) is 0 Å². The van der Waals surface area contributed by atoms with Gasteiger partial charge in [0.05, 0.1) is 13.2 Å². The minimum atomic E-state index is -0.929. The van der Waals surface area contributed by atoms with Crippen molar-refractivity contribution in [3.05, 3.63) is 89.2 Å². The first-order chi connectivity index (χ1) is 19.5. The molecule has 1 aromatic heterocycles. The molecule has 9 nitrogen and oxygen atoms in total. The van der Waals surface area contributed by atoms with E-state index in [1.54, 1.807) is 31.5 Å². The smallest absolute Gasteiger partial charge is 0.433 e. The van der Waals surface area contributed by atoms with Gasteiger partial charge in [-0.2, -0.15) is 10.1 Å². The van der Waals surface area contributed by atoms with Gasteiger partial charge in [-0.15, -0.1) is 0 Å². The van der Waals surface area contributed by atoms with Gasteiger partial charge in [0, 0.05) is 11.8 Å². The van der Waals surface area contributed by atoms with E-state index in [0.29, 0.717) is 29.2 Å². The summed E-state index contributed by atoms with van der Waals surface area (Å²) in [6.45, 7) is 3.88. The van der Waals surface area contributed by atoms with Gasteiger partial charge in [-0.3, -0.25) is 9.78 Å². The number of aryl methyl sites for hydroxylation is 1. The summed E-state index contributed by atoms with van der Waals surface area (Å²) >= 11 is 0. The number of nitrogens with zero attached hydrogens (tertiary/aromatic N) is 3. The molecule has 1 fully saturated rings. The standard InChI is InChI=1S/C31H34N4O5/c1-4-25-28(21-15-16-26(38-3)27(19-21)39-23-12-5-6-13-23)34-35(31(37)40-25)29(22-11-9-10-20(2)18-22)33-30(36)24-14-7-8-17-32-24/h7-11,14-19,23,25,29H,4-6,12-13H2,1-3H3,(H,33,36). The van der Waals surface area contributed by atoms with Crippen LogP contribution >= 0.6 is 0 Å². The number of cyclic esters (lactones) is 1. The Hall–Kier alpha value is -4.40. The number of carbonyl (C=O) groups excluding carboxylic acids is 2. The zero-order chi connectivity index (χ0) is 28.1. The second-order valence-electron chi connectivity index (χ2n) is 10.0. The van der Waals surface area contributed by atoms with E-state index >= 15 is 0 Å². The summed E-state index contributed by atoms with van der Waals surface area (Å²) in [5, 5.41) is 8.94. The average molecular weight is 543 g/mol. The third-order valence-corrected chi connectivity index (χ3v) is 7.14. The first-order valence-corrected chi connectivity index (χ1v) is 13.7. The van der Waals surface area contributed by atoms with Gasteiger partial charge in [-0.05, 0) is 74.9 Å². The van der Waals surface area contributed by atoms with Crippen LogP contribution in [0.3, 0.4) is 0 Å². The van der Waals surface area contributed by atoms with Crippen molar-refractivity contribution in [2.45, 2.75) is 64.3 Å². The van der Waals surface area contributed by atoms with E-state index < -0.39 is 24.3 Å². The minimum absolute atomic E-state index is 0.140. The van der Waals surface area contributed by atoms with Gasteiger partial charge in [-0.25, -0.2) is 4.79 Å². The van der Waals surface area contributed by atoms with E-state index in [1.165, 1.54) is 5.01 Å². The maximum absolute atomic E-state index is 13.3. The molecule has 1 aliphatic carbocycles. The summed E-state index contributed by atoms with van der Waals surface area (Å²) in [5.41, 5.74) is 3.19. The fourth-order valence-electron chi connectivity index (χ4n) is 5.07. The fourth-order valence-corrected chi connectivity index (χ4v) is 5.07. The lowest BCUT2D eigenvalue weighted by Crippen LogP contribution is -2.48. The fraction of sp³-hybridized carbons (Fsp3) is 0.355. The molecule has 0 bridgehead atoms. The molecule has 1 N–H and O–H groups in total. The molecule has 0 spiro atoms. The number of pyridine rings is 1. The molecule has 2 atom stereocenters. The number of carbonyl (C=O) groups is 2. The molecular weight excluding hydrogens is 508 g/mol. The van der Waals surface area contributed by atoms with Crippen LogP contribution in [-0.2, 0) is 4.74 Å². The van der Waals surface area contributed by atoms with E-state index in [0.717, 1.165) is 36.8 Å². The summed E-state index contributed by atoms with van der Waals surface area (Å²) in [5.74, 6) is 0.826. The van der Waals surface area contributed by atoms with E-state index in [1.807, 2.05) is 56.3 Å². The normalized spacial score (nSPS) is 18.1. The number of hydrogen-bond donors (Lipinski definition) is 1. The number of amides is 2. The molecule has 2 heterocycles. The van der Waals surface area contributed by atoms with Gasteiger partial charge < -0.3 is 19.5 Å². The van der Waals surface area contributed by atoms with Crippen molar-refractivity contribution in [1.82, 2.24) is 15.3 Å². The van der Waals surface area contributed by atoms with Crippen molar-refractivity contribution in [2.24, 2.45) is 5.10 Å². The lowest BCUT2D eigenvalue weighted by molar-refractivity contribution is 0.0492. The maximum atomic E-state index is 13.3. The van der Waals surface area contributed by atoms with E-state index in [9.17, 15) is 9.59 Å². The molecular formula is C31H34N4O5. The van der Waals surface area contributed by atoms with Gasteiger partial charge in [0.1, 0.15) is 17.5 Å². The highest BCUT2D eigenvalue weighted by Gasteiger charge is 2.37. The van der Waals surface area contributed by atoms with Crippen LogP contribution < -0.4 is 14.8 Å². The van der Waals surface area contributed by atoms with Gasteiger partial charge in [0.15, 0.2) is 17.7 Å². The third kappa shape index (κ3) is 5.93. The van der Waals surface area contributed by atoms with Crippen molar-refractivity contribution in [2.75, 3.05) is 7.11 Å². The largest absolute Gasteiger partial charge is 0.493 e. The summed E-state index contributed by atoms with van der Waals surface area (Å²) in [4.78, 5) is 30.7. The molecule has 0 saturated heterocycles. The summed E-state index contributed by atoms with van der Waals surface area (Å²) < 4.78 is 17.8. The van der Waals surface area contributed by atoms with Gasteiger partial charge >= 0.3 is 6.09 Å². The Bertz CT molecular complexity index is 1390. The summed E-state index contributed by atoms with van der Waals surface area (Å²) in [6.07, 6.45) is 4.36. The Morgan fingerprint density at radius 3 is 2.62 bits per heavy atom. The van der Waals surface area contributed by atoms with Crippen LogP contribution in [0.25, 0.3) is 0 Å². The molecule has 3 aromatic rings. The number of ether oxygens (including phenoxy) is 3. The van der Waals surface area contributed by atoms with Crippen LogP contribution in [0.1, 0.15) is 72.4 Å². The number of methoxy groups -OCH3 is 1. The van der Waals surface area contributed by atoms with E-state index in [2.05, 4.69) is 10.3 Å². The third-order valence-electron chi connectivity index (χ3n) is 7.14. The molecule has 1 saturated carbocycles. The SMILES string of the molecule is CCC1OC(=O)N(C(NC(=O)c2ccccn2)c2cccc(C)c2)N=C1c1ccc(OC)c(OC2CCCC2)c1. The predicted molar refractivity (Wildman–Crippen MR) is 150 cm³/mol. The van der Waals surface area contributed by atoms with E-state index in [4.69, 9.17) is 19.3 Å². The van der Waals surface area contributed by atoms with Gasteiger partial charge in [0.25, 0.3) is 5.91 Å². The highest BCUT2D eigenvalue weighted by atomic mass is 16.6. The lowest BCUT2D eigenvalue weighted by Gasteiger charge is -2.34. The number of hydrogen-bond acceptors (Lipinski definition) is 7. The molecule has 2 amide bonds. The molecule has 1 aliphatic heterocycles. The van der Waals surface area contributed by atoms with Crippen molar-refractivity contribution in [3.63, 3.8) is 0 Å². The lowest BCUT2D eigenvalue weighted by atomic mass is 10.0. The molecule has 208 valence electrons. The Morgan fingerprint density at radius 2 is 1.93 bits per heavy atom. The van der Waals surface area contributed by atoms with Crippen LogP contribution in [0.5, 0.6) is 11.5 Å². The molecule has 5 rings (SSSR count). The molecule has 2 aliphatic rings. The monoisotopic (exact) mass is 542 g/mol. The molecule has 2 aromatic carbocycles. The Morgan fingerprint density at radius 1 is 1.10 bits per heavy atom. The van der Waals surface area contributed by atoms with Crippen LogP contribution in [0, 0.1) is 6.92 Å². The minimum Gasteiger partial charge on any atom is -0.493 e. The highest BCUT2D eigenvalue weighted by Crippen LogP contribution is 2.34. The number of nitrogens with one attached hydrogen (secondary N) is 1. The molecule has 9 heteroatoms. The van der Waals surface area contributed by atoms with Crippen LogP contribution in [0.4, 0.5) is 4.79 Å². The summed E-state index contributed by atoms with van der Waals surface area (Å²) in [6, 6.07) is 18.3. The first kappa shape index (κ1) is 27.2. The van der Waals surface area contributed by atoms with Crippen molar-refractivity contribution < 1.29 is 23.8 Å². The van der Waals surface area contributed by atoms with Gasteiger partial charge in [0.2, 0.25) is 0 Å². The Balaban J connectivity index is 1.54. The molecule has 40 heavy (non-hydrogen) atoms. The Kier molecular flexibility index (Phi) is 8.28. The topological polar surface area (TPSA) is 102 Å². The van der Waals surface area contributed by atoms with Crippen molar-refractivity contribution in [1.29, 1.82) is 0 Å². The predicted octanol–water partition coefficient (Wildman–Crippen LogP) is 5.78. The molecule has 0 radical (unpaired) electrons. The second kappa shape index (κ2) is 12.2. The first-order valence-electron chi connectivity index (χ1n) is 13.7. The highest BCUT2D eigenvalue weighted by molar-refractivity contribution is 6.06. The number of hydrazone groups is 1. The number of aromatic nitrogens is 1. The maximum Gasteiger partial charge on any atom is 0.433 e. The molecule has 2 unspecified atom stereocenters. The number of benzene rings is 2. The van der Waals surface area contributed by atoms with Crippen LogP contribution in [-0.4, -0.2) is 47.0 Å². The zero-order valence-corrected chi connectivity index (χ0v) is 23.0. The quantitative estimate of drug-likeness (QED) is 0.368. The average Bonchev–Trinajstić information content (AvgIpc) is 3.49. The Labute approximate surface area is 234 Å². The second-order valence-corrected chi connectivity index (χ2v) is 10.0. The van der Waals surface area contributed by atoms with Crippen molar-refractivity contribution >= 4 is 17.7 Å². The van der Waals surface area contributed by atoms with Crippen molar-refractivity contribution in [3.8, 4) is 11.5 Å². The van der Waals surface area contributed by atoms with E-state index in [-0.39, 0.29) is 11.8 Å².